The molecule has 0 bridgehead atoms. The minimum atomic E-state index is -4.95. The number of hydrogen-bond acceptors (Lipinski definition) is 15. The van der Waals surface area contributed by atoms with Crippen LogP contribution in [0.2, 0.25) is 0 Å². The third-order valence-corrected chi connectivity index (χ3v) is 18.7. The second-order valence-corrected chi connectivity index (χ2v) is 29.3. The Morgan fingerprint density at radius 2 is 0.567 bits per heavy atom. The van der Waals surface area contributed by atoms with Crippen LogP contribution >= 0.6 is 15.6 Å². The Kier molecular flexibility index (Phi) is 61.8. The Morgan fingerprint density at radius 3 is 0.844 bits per heavy atom. The molecule has 0 saturated heterocycles. The van der Waals surface area contributed by atoms with Crippen molar-refractivity contribution < 1.29 is 80.2 Å². The Bertz CT molecular complexity index is 1750. The van der Waals surface area contributed by atoms with Crippen molar-refractivity contribution in [3.05, 3.63) is 0 Å². The molecule has 0 rings (SSSR count). The first-order valence-corrected chi connectivity index (χ1v) is 40.0. The van der Waals surface area contributed by atoms with Crippen LogP contribution in [0.3, 0.4) is 0 Å². The molecular formula is C71H138O17P2. The fourth-order valence-corrected chi connectivity index (χ4v) is 12.3. The maximum Gasteiger partial charge on any atom is 0.472 e. The topological polar surface area (TPSA) is 237 Å². The zero-order chi connectivity index (χ0) is 66.5. The average Bonchev–Trinajstić information content (AvgIpc) is 3.25. The fraction of sp³-hybridized carbons (Fsp3) is 0.944. The summed E-state index contributed by atoms with van der Waals surface area (Å²) in [4.78, 5) is 72.4. The summed E-state index contributed by atoms with van der Waals surface area (Å²) >= 11 is 0. The van der Waals surface area contributed by atoms with Crippen molar-refractivity contribution in [2.24, 2.45) is 11.8 Å². The highest BCUT2D eigenvalue weighted by atomic mass is 31.2. The number of esters is 4. The van der Waals surface area contributed by atoms with E-state index in [-0.39, 0.29) is 25.7 Å². The SMILES string of the molecule is CCCCCCCCCCCCCCCCCCCCCCCC(=O)O[C@H](COC(=O)CCCCCCCCCCC(C)C)COP(=O)(O)OC[C@@H](O)COP(=O)(O)OC[C@@H](COC(=O)CCCCCCCCCC)OC(=O)CCCCCCCCC(C)CC. The van der Waals surface area contributed by atoms with Crippen molar-refractivity contribution in [3.8, 4) is 0 Å². The first-order chi connectivity index (χ1) is 43.4. The Balaban J connectivity index is 5.15. The number of hydrogen-bond donors (Lipinski definition) is 3. The maximum atomic E-state index is 13.0. The molecule has 0 spiro atoms. The van der Waals surface area contributed by atoms with E-state index in [2.05, 4.69) is 41.5 Å². The smallest absolute Gasteiger partial charge is 0.462 e. The molecule has 0 radical (unpaired) electrons. The minimum absolute atomic E-state index is 0.103. The van der Waals surface area contributed by atoms with Gasteiger partial charge in [-0.1, -0.05) is 311 Å². The van der Waals surface area contributed by atoms with Crippen LogP contribution in [-0.4, -0.2) is 96.7 Å². The molecule has 0 amide bonds. The number of carbonyl (C=O) groups excluding carboxylic acids is 4. The van der Waals surface area contributed by atoms with Gasteiger partial charge in [0.25, 0.3) is 0 Å². The molecule has 19 heteroatoms. The van der Waals surface area contributed by atoms with Gasteiger partial charge in [0, 0.05) is 25.7 Å². The van der Waals surface area contributed by atoms with Crippen LogP contribution in [0, 0.1) is 11.8 Å². The lowest BCUT2D eigenvalue weighted by Gasteiger charge is -2.21. The summed E-state index contributed by atoms with van der Waals surface area (Å²) in [5.74, 6) is -0.684. The van der Waals surface area contributed by atoms with Crippen molar-refractivity contribution in [3.63, 3.8) is 0 Å². The van der Waals surface area contributed by atoms with Crippen LogP contribution in [0.1, 0.15) is 363 Å². The third kappa shape index (κ3) is 63.5. The molecule has 3 unspecified atom stereocenters. The molecular weight excluding hydrogens is 1190 g/mol. The molecule has 6 atom stereocenters. The molecule has 0 heterocycles. The number of unbranched alkanes of at least 4 members (excludes halogenated alkanes) is 39. The lowest BCUT2D eigenvalue weighted by Crippen LogP contribution is -2.30. The molecule has 0 fully saturated rings. The van der Waals surface area contributed by atoms with Gasteiger partial charge in [0.1, 0.15) is 19.3 Å². The van der Waals surface area contributed by atoms with Gasteiger partial charge in [-0.15, -0.1) is 0 Å². The molecule has 0 aliphatic rings. The number of rotatable bonds is 70. The number of aliphatic hydroxyl groups excluding tert-OH is 1. The lowest BCUT2D eigenvalue weighted by molar-refractivity contribution is -0.161. The number of aliphatic hydroxyl groups is 1. The first-order valence-electron chi connectivity index (χ1n) is 37.0. The van der Waals surface area contributed by atoms with Gasteiger partial charge in [0.2, 0.25) is 0 Å². The first kappa shape index (κ1) is 88.1. The van der Waals surface area contributed by atoms with Crippen LogP contribution < -0.4 is 0 Å². The molecule has 90 heavy (non-hydrogen) atoms. The Labute approximate surface area is 549 Å². The van der Waals surface area contributed by atoms with Crippen LogP contribution in [0.4, 0.5) is 0 Å². The summed E-state index contributed by atoms with van der Waals surface area (Å²) in [6, 6.07) is 0. The number of carbonyl (C=O) groups is 4. The summed E-state index contributed by atoms with van der Waals surface area (Å²) in [6.45, 7) is 9.44. The van der Waals surface area contributed by atoms with Crippen molar-refractivity contribution >= 4 is 39.5 Å². The van der Waals surface area contributed by atoms with E-state index < -0.39 is 97.5 Å². The van der Waals surface area contributed by atoms with Gasteiger partial charge >= 0.3 is 39.5 Å². The van der Waals surface area contributed by atoms with Crippen molar-refractivity contribution in [1.29, 1.82) is 0 Å². The molecule has 0 aromatic rings. The van der Waals surface area contributed by atoms with Gasteiger partial charge < -0.3 is 33.8 Å². The van der Waals surface area contributed by atoms with E-state index in [1.807, 2.05) is 0 Å². The van der Waals surface area contributed by atoms with E-state index in [1.54, 1.807) is 0 Å². The predicted molar refractivity (Wildman–Crippen MR) is 363 cm³/mol. The van der Waals surface area contributed by atoms with Crippen LogP contribution in [-0.2, 0) is 65.4 Å². The van der Waals surface area contributed by atoms with E-state index in [0.29, 0.717) is 25.7 Å². The van der Waals surface area contributed by atoms with Gasteiger partial charge in [-0.2, -0.15) is 0 Å². The van der Waals surface area contributed by atoms with Gasteiger partial charge in [-0.3, -0.25) is 37.3 Å². The van der Waals surface area contributed by atoms with Gasteiger partial charge in [0.05, 0.1) is 26.4 Å². The number of ether oxygens (including phenoxy) is 4. The zero-order valence-corrected chi connectivity index (χ0v) is 60.2. The van der Waals surface area contributed by atoms with Crippen LogP contribution in [0.15, 0.2) is 0 Å². The minimum Gasteiger partial charge on any atom is -0.462 e. The molecule has 3 N–H and O–H groups in total. The molecule has 17 nitrogen and oxygen atoms in total. The summed E-state index contributed by atoms with van der Waals surface area (Å²) in [6.07, 6.45) is 48.9. The maximum absolute atomic E-state index is 13.0. The van der Waals surface area contributed by atoms with E-state index in [0.717, 1.165) is 108 Å². The van der Waals surface area contributed by atoms with Crippen molar-refractivity contribution in [2.45, 2.75) is 381 Å². The molecule has 534 valence electrons. The summed E-state index contributed by atoms with van der Waals surface area (Å²) in [7, 11) is -9.90. The normalized spacial score (nSPS) is 14.4. The lowest BCUT2D eigenvalue weighted by atomic mass is 10.00. The predicted octanol–water partition coefficient (Wildman–Crippen LogP) is 20.4. The largest absolute Gasteiger partial charge is 0.472 e. The van der Waals surface area contributed by atoms with E-state index in [1.165, 1.54) is 173 Å². The molecule has 0 aliphatic heterocycles. The van der Waals surface area contributed by atoms with Gasteiger partial charge in [-0.05, 0) is 37.5 Å². The van der Waals surface area contributed by atoms with E-state index in [9.17, 15) is 43.2 Å². The summed E-state index contributed by atoms with van der Waals surface area (Å²) in [5, 5.41) is 10.6. The Morgan fingerprint density at radius 1 is 0.322 bits per heavy atom. The van der Waals surface area contributed by atoms with E-state index >= 15 is 0 Å². The molecule has 0 aromatic carbocycles. The summed E-state index contributed by atoms with van der Waals surface area (Å²) < 4.78 is 68.2. The van der Waals surface area contributed by atoms with Crippen LogP contribution in [0.5, 0.6) is 0 Å². The van der Waals surface area contributed by atoms with Gasteiger partial charge in [0.15, 0.2) is 12.2 Å². The second-order valence-electron chi connectivity index (χ2n) is 26.3. The van der Waals surface area contributed by atoms with E-state index in [4.69, 9.17) is 37.0 Å². The highest BCUT2D eigenvalue weighted by Crippen LogP contribution is 2.45. The number of phosphoric acid groups is 2. The molecule has 0 aromatic heterocycles. The quantitative estimate of drug-likeness (QED) is 0.0222. The average molecular weight is 1330 g/mol. The Hall–Kier alpha value is -1.94. The highest BCUT2D eigenvalue weighted by molar-refractivity contribution is 7.47. The molecule has 0 aliphatic carbocycles. The molecule has 0 saturated carbocycles. The summed E-state index contributed by atoms with van der Waals surface area (Å²) in [5.41, 5.74) is 0. The fourth-order valence-electron chi connectivity index (χ4n) is 10.7. The zero-order valence-electron chi connectivity index (χ0n) is 58.4. The van der Waals surface area contributed by atoms with Crippen molar-refractivity contribution in [1.82, 2.24) is 0 Å². The number of phosphoric ester groups is 2. The standard InChI is InChI=1S/C71H138O17P2/c1-7-10-12-14-16-18-19-20-21-22-23-24-25-26-27-28-29-30-36-43-49-55-70(75)87-66(59-82-69(74)54-48-42-35-32-31-33-39-45-51-63(4)5)61-85-89(77,78)83-57-65(72)58-84-90(79,80)86-62-67(60-81-68(73)53-47-41-34-17-15-13-11-8-2)88-71(76)56-50-44-38-37-40-46-52-64(6)9-3/h63-67,72H,7-62H2,1-6H3,(H,77,78)(H,79,80)/t64?,65-,66-,67-/m1/s1. The van der Waals surface area contributed by atoms with Crippen molar-refractivity contribution in [2.75, 3.05) is 39.6 Å². The second kappa shape index (κ2) is 63.1. The van der Waals surface area contributed by atoms with Gasteiger partial charge in [-0.25, -0.2) is 9.13 Å². The monoisotopic (exact) mass is 1320 g/mol. The highest BCUT2D eigenvalue weighted by Gasteiger charge is 2.30. The van der Waals surface area contributed by atoms with Crippen LogP contribution in [0.25, 0.3) is 0 Å². The third-order valence-electron chi connectivity index (χ3n) is 16.8.